The minimum atomic E-state index is -0.515. The fourth-order valence-electron chi connectivity index (χ4n) is 4.21. The summed E-state index contributed by atoms with van der Waals surface area (Å²) in [7, 11) is 0. The van der Waals surface area contributed by atoms with Crippen molar-refractivity contribution in [3.63, 3.8) is 0 Å². The second kappa shape index (κ2) is 12.7. The van der Waals surface area contributed by atoms with Crippen molar-refractivity contribution in [2.24, 2.45) is 5.92 Å². The van der Waals surface area contributed by atoms with E-state index in [1.807, 2.05) is 36.4 Å². The predicted octanol–water partition coefficient (Wildman–Crippen LogP) is 3.71. The Labute approximate surface area is 199 Å². The number of Topliss-reactive ketones (excluding diaryl/α,β-unsaturated/α-hetero) is 1. The van der Waals surface area contributed by atoms with Crippen molar-refractivity contribution in [3.05, 3.63) is 60.2 Å². The molecular weight excluding hydrogens is 432 g/mol. The fraction of sp³-hybridized carbons (Fsp3) is 0.407. The van der Waals surface area contributed by atoms with Crippen LogP contribution < -0.4 is 10.6 Å². The van der Waals surface area contributed by atoms with Gasteiger partial charge in [0.1, 0.15) is 0 Å². The van der Waals surface area contributed by atoms with Crippen LogP contribution >= 0.6 is 0 Å². The van der Waals surface area contributed by atoms with Gasteiger partial charge in [0.05, 0.1) is 6.61 Å². The number of carbonyl (C=O) groups excluding carboxylic acids is 4. The summed E-state index contributed by atoms with van der Waals surface area (Å²) < 4.78 is 4.93. The molecule has 0 radical (unpaired) electrons. The highest BCUT2D eigenvalue weighted by molar-refractivity contribution is 6.08. The number of esters is 1. The molecule has 2 amide bonds. The standard InChI is InChI=1S/C27H32N2O5/c1-2-34-26(32)16-13-21(18-20-9-5-6-17-28-27(20)33)29-25(31)15-14-24(30)23-12-7-10-19-8-3-4-11-22(19)23/h3-4,7-8,10-13,16,20-21H,2,5-6,9,14-15,17-18H2,1H3,(H,28,33)(H,29,31)/b16-13+. The highest BCUT2D eigenvalue weighted by Crippen LogP contribution is 2.21. The first-order valence-corrected chi connectivity index (χ1v) is 11.9. The SMILES string of the molecule is CCOC(=O)/C=C/C(CC1CCCCNC1=O)NC(=O)CCC(=O)c1cccc2ccccc12. The highest BCUT2D eigenvalue weighted by atomic mass is 16.5. The number of fused-ring (bicyclic) bond motifs is 1. The quantitative estimate of drug-likeness (QED) is 0.317. The van der Waals surface area contributed by atoms with Crippen molar-refractivity contribution in [3.8, 4) is 0 Å². The Morgan fingerprint density at radius 3 is 2.74 bits per heavy atom. The first-order valence-electron chi connectivity index (χ1n) is 11.9. The molecule has 34 heavy (non-hydrogen) atoms. The Balaban J connectivity index is 1.63. The van der Waals surface area contributed by atoms with Crippen LogP contribution in [0.1, 0.15) is 55.8 Å². The van der Waals surface area contributed by atoms with Gasteiger partial charge < -0.3 is 15.4 Å². The van der Waals surface area contributed by atoms with Crippen LogP contribution in [0.5, 0.6) is 0 Å². The molecule has 1 aliphatic rings. The summed E-state index contributed by atoms with van der Waals surface area (Å²) >= 11 is 0. The van der Waals surface area contributed by atoms with Gasteiger partial charge in [-0.15, -0.1) is 0 Å². The highest BCUT2D eigenvalue weighted by Gasteiger charge is 2.24. The molecule has 2 aromatic carbocycles. The van der Waals surface area contributed by atoms with Crippen molar-refractivity contribution in [2.75, 3.05) is 13.2 Å². The second-order valence-electron chi connectivity index (χ2n) is 8.45. The van der Waals surface area contributed by atoms with Crippen LogP contribution in [0, 0.1) is 5.92 Å². The van der Waals surface area contributed by atoms with Crippen LogP contribution in [0.2, 0.25) is 0 Å². The van der Waals surface area contributed by atoms with Gasteiger partial charge in [-0.05, 0) is 37.0 Å². The van der Waals surface area contributed by atoms with E-state index in [0.29, 0.717) is 18.5 Å². The summed E-state index contributed by atoms with van der Waals surface area (Å²) in [5.74, 6) is -1.20. The second-order valence-corrected chi connectivity index (χ2v) is 8.45. The number of benzene rings is 2. The lowest BCUT2D eigenvalue weighted by Gasteiger charge is -2.20. The molecule has 1 saturated heterocycles. The number of amides is 2. The molecule has 2 unspecified atom stereocenters. The number of ketones is 1. The van der Waals surface area contributed by atoms with Gasteiger partial charge in [0, 0.05) is 43.0 Å². The normalized spacial score (nSPS) is 17.1. The van der Waals surface area contributed by atoms with Gasteiger partial charge in [-0.1, -0.05) is 55.0 Å². The van der Waals surface area contributed by atoms with Gasteiger partial charge in [-0.3, -0.25) is 14.4 Å². The molecule has 0 saturated carbocycles. The maximum Gasteiger partial charge on any atom is 0.330 e. The van der Waals surface area contributed by atoms with Crippen LogP contribution in [-0.4, -0.2) is 42.8 Å². The molecule has 2 aromatic rings. The summed E-state index contributed by atoms with van der Waals surface area (Å²) in [6.07, 6.45) is 5.89. The van der Waals surface area contributed by atoms with Gasteiger partial charge in [0.25, 0.3) is 0 Å². The molecular formula is C27H32N2O5. The molecule has 0 aliphatic carbocycles. The first-order chi connectivity index (χ1) is 16.5. The number of hydrogen-bond acceptors (Lipinski definition) is 5. The van der Waals surface area contributed by atoms with E-state index in [0.717, 1.165) is 30.0 Å². The summed E-state index contributed by atoms with van der Waals surface area (Å²) in [4.78, 5) is 49.7. The Morgan fingerprint density at radius 2 is 1.91 bits per heavy atom. The average Bonchev–Trinajstić information content (AvgIpc) is 3.04. The van der Waals surface area contributed by atoms with Gasteiger partial charge in [0.15, 0.2) is 5.78 Å². The molecule has 0 aromatic heterocycles. The maximum atomic E-state index is 12.8. The van der Waals surface area contributed by atoms with Gasteiger partial charge in [-0.2, -0.15) is 0 Å². The molecule has 1 aliphatic heterocycles. The lowest BCUT2D eigenvalue weighted by atomic mass is 9.94. The zero-order chi connectivity index (χ0) is 24.3. The Morgan fingerprint density at radius 1 is 1.12 bits per heavy atom. The zero-order valence-electron chi connectivity index (χ0n) is 19.5. The number of rotatable bonds is 10. The lowest BCUT2D eigenvalue weighted by molar-refractivity contribution is -0.137. The molecule has 1 fully saturated rings. The molecule has 1 heterocycles. The first kappa shape index (κ1) is 25.1. The van der Waals surface area contributed by atoms with Crippen molar-refractivity contribution in [1.29, 1.82) is 0 Å². The van der Waals surface area contributed by atoms with Crippen LogP contribution in [0.25, 0.3) is 10.8 Å². The van der Waals surface area contributed by atoms with Crippen LogP contribution in [0.15, 0.2) is 54.6 Å². The van der Waals surface area contributed by atoms with Crippen LogP contribution in [0.3, 0.4) is 0 Å². The van der Waals surface area contributed by atoms with Gasteiger partial charge in [-0.25, -0.2) is 4.79 Å². The van der Waals surface area contributed by atoms with E-state index in [1.54, 1.807) is 19.1 Å². The van der Waals surface area contributed by atoms with Gasteiger partial charge in [0.2, 0.25) is 11.8 Å². The van der Waals surface area contributed by atoms with Crippen molar-refractivity contribution in [1.82, 2.24) is 10.6 Å². The zero-order valence-corrected chi connectivity index (χ0v) is 19.5. The predicted molar refractivity (Wildman–Crippen MR) is 130 cm³/mol. The Hall–Kier alpha value is -3.48. The van der Waals surface area contributed by atoms with Crippen LogP contribution in [-0.2, 0) is 19.1 Å². The summed E-state index contributed by atoms with van der Waals surface area (Å²) in [6, 6.07) is 12.7. The third-order valence-electron chi connectivity index (χ3n) is 5.95. The molecule has 7 heteroatoms. The summed E-state index contributed by atoms with van der Waals surface area (Å²) in [6.45, 7) is 2.62. The summed E-state index contributed by atoms with van der Waals surface area (Å²) in [5.41, 5.74) is 0.597. The molecule has 2 N–H and O–H groups in total. The third kappa shape index (κ3) is 7.27. The molecule has 7 nitrogen and oxygen atoms in total. The Kier molecular flexibility index (Phi) is 9.38. The molecule has 0 bridgehead atoms. The van der Waals surface area contributed by atoms with Crippen molar-refractivity contribution < 1.29 is 23.9 Å². The molecule has 0 spiro atoms. The minimum Gasteiger partial charge on any atom is -0.463 e. The fourth-order valence-corrected chi connectivity index (χ4v) is 4.21. The van der Waals surface area contributed by atoms with Crippen molar-refractivity contribution in [2.45, 2.75) is 51.5 Å². The molecule has 2 atom stereocenters. The number of carbonyl (C=O) groups is 4. The number of ether oxygens (including phenoxy) is 1. The number of nitrogens with one attached hydrogen (secondary N) is 2. The van der Waals surface area contributed by atoms with Crippen LogP contribution in [0.4, 0.5) is 0 Å². The number of hydrogen-bond donors (Lipinski definition) is 2. The van der Waals surface area contributed by atoms with E-state index < -0.39 is 12.0 Å². The maximum absolute atomic E-state index is 12.8. The van der Waals surface area contributed by atoms with Gasteiger partial charge >= 0.3 is 5.97 Å². The molecule has 3 rings (SSSR count). The molecule has 180 valence electrons. The monoisotopic (exact) mass is 464 g/mol. The lowest BCUT2D eigenvalue weighted by Crippen LogP contribution is -2.38. The van der Waals surface area contributed by atoms with E-state index in [1.165, 1.54) is 6.08 Å². The minimum absolute atomic E-state index is 0.0165. The van der Waals surface area contributed by atoms with E-state index in [4.69, 9.17) is 4.74 Å². The largest absolute Gasteiger partial charge is 0.463 e. The van der Waals surface area contributed by atoms with E-state index in [-0.39, 0.29) is 43.0 Å². The smallest absolute Gasteiger partial charge is 0.330 e. The summed E-state index contributed by atoms with van der Waals surface area (Å²) in [5, 5.41) is 7.62. The third-order valence-corrected chi connectivity index (χ3v) is 5.95. The van der Waals surface area contributed by atoms with E-state index >= 15 is 0 Å². The van der Waals surface area contributed by atoms with Crippen molar-refractivity contribution >= 4 is 34.3 Å². The average molecular weight is 465 g/mol. The van der Waals surface area contributed by atoms with E-state index in [2.05, 4.69) is 10.6 Å². The van der Waals surface area contributed by atoms with E-state index in [9.17, 15) is 19.2 Å². The topological polar surface area (TPSA) is 102 Å². The Bertz CT molecular complexity index is 1060.